The molecule has 1 aliphatic heterocycles. The molecule has 5 rings (SSSR count). The van der Waals surface area contributed by atoms with Crippen LogP contribution in [0.5, 0.6) is 5.75 Å². The summed E-state index contributed by atoms with van der Waals surface area (Å²) < 4.78 is 11.2. The number of hydrogen-bond donors (Lipinski definition) is 7. The van der Waals surface area contributed by atoms with Crippen LogP contribution >= 0.6 is 0 Å². The maximum atomic E-state index is 12.6. The summed E-state index contributed by atoms with van der Waals surface area (Å²) in [6.07, 6.45) is 1.09. The third-order valence-electron chi connectivity index (χ3n) is 6.95. The van der Waals surface area contributed by atoms with Crippen molar-refractivity contribution in [1.82, 2.24) is 26.3 Å². The first-order chi connectivity index (χ1) is 24.0. The van der Waals surface area contributed by atoms with Crippen molar-refractivity contribution in [2.45, 2.75) is 12.8 Å². The van der Waals surface area contributed by atoms with Crippen LogP contribution in [0.15, 0.2) is 113 Å². The molecule has 0 saturated carbocycles. The summed E-state index contributed by atoms with van der Waals surface area (Å²) in [5.41, 5.74) is 3.35. The number of guanidine groups is 2. The quantitative estimate of drug-likeness (QED) is 0.0694. The first kappa shape index (κ1) is 34.3. The monoisotopic (exact) mass is 665 g/mol. The molecular formula is C35H39N9O5. The number of aromatic nitrogens is 1. The summed E-state index contributed by atoms with van der Waals surface area (Å²) in [6.45, 7) is 2.62. The van der Waals surface area contributed by atoms with Gasteiger partial charge in [0.05, 0.1) is 45.2 Å². The Bertz CT molecular complexity index is 1690. The van der Waals surface area contributed by atoms with Gasteiger partial charge in [0.15, 0.2) is 6.29 Å². The van der Waals surface area contributed by atoms with E-state index in [2.05, 4.69) is 46.9 Å². The van der Waals surface area contributed by atoms with Crippen LogP contribution in [0.1, 0.15) is 26.4 Å². The lowest BCUT2D eigenvalue weighted by Crippen LogP contribution is -2.55. The zero-order chi connectivity index (χ0) is 34.1. The SMILES string of the molecule is O=C(NCCOCCOCCN=C1NC(Nc2ccc(O)cc2)=NC(Nc2ccc(C(=O)NCc3ccccn3)cc2)N1)c1ccccc1. The number of benzene rings is 3. The summed E-state index contributed by atoms with van der Waals surface area (Å²) in [7, 11) is 0. The van der Waals surface area contributed by atoms with Crippen molar-refractivity contribution in [3.63, 3.8) is 0 Å². The largest absolute Gasteiger partial charge is 0.508 e. The average molecular weight is 666 g/mol. The van der Waals surface area contributed by atoms with Crippen molar-refractivity contribution in [2.24, 2.45) is 9.98 Å². The molecule has 1 atom stereocenters. The highest BCUT2D eigenvalue weighted by molar-refractivity contribution is 6.07. The van der Waals surface area contributed by atoms with Gasteiger partial charge in [0.1, 0.15) is 5.75 Å². The number of aliphatic imine (C=N–C) groups is 2. The van der Waals surface area contributed by atoms with Crippen LogP contribution in [-0.2, 0) is 16.0 Å². The van der Waals surface area contributed by atoms with Gasteiger partial charge in [-0.1, -0.05) is 24.3 Å². The number of anilines is 2. The van der Waals surface area contributed by atoms with Crippen LogP contribution in [0.3, 0.4) is 0 Å². The van der Waals surface area contributed by atoms with Crippen LogP contribution in [0, 0.1) is 0 Å². The molecule has 0 saturated heterocycles. The second-order valence-corrected chi connectivity index (χ2v) is 10.6. The maximum absolute atomic E-state index is 12.6. The number of pyridine rings is 1. The molecule has 0 fully saturated rings. The molecule has 1 aromatic heterocycles. The van der Waals surface area contributed by atoms with Crippen molar-refractivity contribution in [3.05, 3.63) is 120 Å². The summed E-state index contributed by atoms with van der Waals surface area (Å²) in [6, 6.07) is 28.2. The Kier molecular flexibility index (Phi) is 12.9. The van der Waals surface area contributed by atoms with Gasteiger partial charge < -0.3 is 41.2 Å². The Hall–Kier alpha value is -5.99. The number of phenols is 1. The fraction of sp³-hybridized carbons (Fsp3) is 0.229. The molecule has 3 aromatic carbocycles. The van der Waals surface area contributed by atoms with Crippen molar-refractivity contribution in [1.29, 1.82) is 0 Å². The summed E-state index contributed by atoms with van der Waals surface area (Å²) >= 11 is 0. The lowest BCUT2D eigenvalue weighted by molar-refractivity contribution is 0.0512. The zero-order valence-electron chi connectivity index (χ0n) is 26.8. The van der Waals surface area contributed by atoms with Crippen molar-refractivity contribution in [2.75, 3.05) is 50.2 Å². The van der Waals surface area contributed by atoms with E-state index in [1.165, 1.54) is 0 Å². The first-order valence-corrected chi connectivity index (χ1v) is 15.8. The predicted octanol–water partition coefficient (Wildman–Crippen LogP) is 2.89. The van der Waals surface area contributed by atoms with Crippen molar-refractivity contribution in [3.8, 4) is 5.75 Å². The molecule has 1 aliphatic rings. The lowest BCUT2D eigenvalue weighted by Gasteiger charge is -2.27. The molecule has 0 spiro atoms. The Morgan fingerprint density at radius 2 is 1.47 bits per heavy atom. The zero-order valence-corrected chi connectivity index (χ0v) is 26.8. The highest BCUT2D eigenvalue weighted by Gasteiger charge is 2.19. The standard InChI is InChI=1S/C35H39N9O5/c45-30-15-13-28(14-16-30)41-35-43-33(38-19-21-49-23-22-48-20-18-37-31(46)25-6-2-1-3-7-25)42-34(44-35)40-27-11-9-26(10-12-27)32(47)39-24-29-8-4-5-17-36-29/h1-17,34,40,45H,18-24H2,(H,37,46)(H,39,47)(H3,38,41,42,43,44). The van der Waals surface area contributed by atoms with E-state index in [9.17, 15) is 14.7 Å². The molecular weight excluding hydrogens is 626 g/mol. The van der Waals surface area contributed by atoms with E-state index in [0.717, 1.165) is 11.4 Å². The third kappa shape index (κ3) is 11.6. The fourth-order valence-corrected chi connectivity index (χ4v) is 4.49. The minimum absolute atomic E-state index is 0.136. The van der Waals surface area contributed by atoms with Crippen LogP contribution in [0.2, 0.25) is 0 Å². The first-order valence-electron chi connectivity index (χ1n) is 15.8. The van der Waals surface area contributed by atoms with Crippen LogP contribution in [-0.4, -0.2) is 79.6 Å². The van der Waals surface area contributed by atoms with Crippen molar-refractivity contribution >= 4 is 35.1 Å². The summed E-state index contributed by atoms with van der Waals surface area (Å²) in [4.78, 5) is 38.1. The smallest absolute Gasteiger partial charge is 0.251 e. The van der Waals surface area contributed by atoms with E-state index < -0.39 is 6.29 Å². The number of aromatic hydroxyl groups is 1. The van der Waals surface area contributed by atoms with E-state index in [1.54, 1.807) is 66.9 Å². The van der Waals surface area contributed by atoms with E-state index in [-0.39, 0.29) is 17.6 Å². The second-order valence-electron chi connectivity index (χ2n) is 10.6. The van der Waals surface area contributed by atoms with Gasteiger partial charge in [0.2, 0.25) is 11.9 Å². The van der Waals surface area contributed by atoms with Crippen LogP contribution in [0.25, 0.3) is 0 Å². The highest BCUT2D eigenvalue weighted by Crippen LogP contribution is 2.15. The van der Waals surface area contributed by atoms with Gasteiger partial charge in [0.25, 0.3) is 11.8 Å². The number of nitrogens with zero attached hydrogens (tertiary/aromatic N) is 3. The Labute approximate surface area is 284 Å². The number of nitrogens with one attached hydrogen (secondary N) is 6. The van der Waals surface area contributed by atoms with Gasteiger partial charge in [-0.05, 0) is 72.8 Å². The second kappa shape index (κ2) is 18.4. The van der Waals surface area contributed by atoms with E-state index in [1.807, 2.05) is 36.4 Å². The molecule has 1 unspecified atom stereocenters. The molecule has 0 bridgehead atoms. The van der Waals surface area contributed by atoms with Gasteiger partial charge in [0, 0.05) is 35.2 Å². The molecule has 2 heterocycles. The average Bonchev–Trinajstić information content (AvgIpc) is 3.13. The molecule has 49 heavy (non-hydrogen) atoms. The van der Waals surface area contributed by atoms with Gasteiger partial charge in [-0.15, -0.1) is 0 Å². The van der Waals surface area contributed by atoms with Gasteiger partial charge in [-0.25, -0.2) is 4.99 Å². The maximum Gasteiger partial charge on any atom is 0.251 e. The molecule has 0 radical (unpaired) electrons. The van der Waals surface area contributed by atoms with E-state index >= 15 is 0 Å². The number of hydrogen-bond acceptors (Lipinski definition) is 10. The van der Waals surface area contributed by atoms with Gasteiger partial charge in [-0.3, -0.25) is 24.9 Å². The topological polar surface area (TPSA) is 183 Å². The highest BCUT2D eigenvalue weighted by atomic mass is 16.5. The lowest BCUT2D eigenvalue weighted by atomic mass is 10.2. The minimum Gasteiger partial charge on any atom is -0.508 e. The molecule has 14 nitrogen and oxygen atoms in total. The van der Waals surface area contributed by atoms with Gasteiger partial charge >= 0.3 is 0 Å². The number of carbonyl (C=O) groups is 2. The molecule has 254 valence electrons. The van der Waals surface area contributed by atoms with Crippen LogP contribution in [0.4, 0.5) is 11.4 Å². The number of phenolic OH excluding ortho intramolecular Hbond substituents is 1. The Balaban J connectivity index is 1.07. The fourth-order valence-electron chi connectivity index (χ4n) is 4.49. The number of rotatable bonds is 16. The normalized spacial score (nSPS) is 14.6. The molecule has 2 amide bonds. The molecule has 4 aromatic rings. The van der Waals surface area contributed by atoms with Gasteiger partial charge in [-0.2, -0.15) is 0 Å². The molecule has 14 heteroatoms. The minimum atomic E-state index is -0.597. The number of amides is 2. The summed E-state index contributed by atoms with van der Waals surface area (Å²) in [5.74, 6) is 0.713. The van der Waals surface area contributed by atoms with Crippen molar-refractivity contribution < 1.29 is 24.2 Å². The Morgan fingerprint density at radius 1 is 0.776 bits per heavy atom. The number of ether oxygens (including phenoxy) is 2. The molecule has 7 N–H and O–H groups in total. The number of carbonyl (C=O) groups excluding carboxylic acids is 2. The molecule has 0 aliphatic carbocycles. The van der Waals surface area contributed by atoms with Crippen LogP contribution < -0.4 is 31.9 Å². The summed E-state index contributed by atoms with van der Waals surface area (Å²) in [5, 5.41) is 28.2. The Morgan fingerprint density at radius 3 is 2.22 bits per heavy atom. The predicted molar refractivity (Wildman–Crippen MR) is 187 cm³/mol. The third-order valence-corrected chi connectivity index (χ3v) is 6.95. The van der Waals surface area contributed by atoms with E-state index in [4.69, 9.17) is 9.47 Å². The van der Waals surface area contributed by atoms with E-state index in [0.29, 0.717) is 74.8 Å².